The number of hydrogen-bond donors (Lipinski definition) is 3. The summed E-state index contributed by atoms with van der Waals surface area (Å²) in [5.74, 6) is -0.810. The van der Waals surface area contributed by atoms with Crippen LogP contribution in [0.25, 0.3) is 33.3 Å². The molecule has 1 aromatic heterocycles. The number of nitrogens with zero attached hydrogens (tertiary/aromatic N) is 2. The Morgan fingerprint density at radius 2 is 1.43 bits per heavy atom. The maximum absolute atomic E-state index is 13.4. The lowest BCUT2D eigenvalue weighted by molar-refractivity contribution is -0.274. The summed E-state index contributed by atoms with van der Waals surface area (Å²) in [6.45, 7) is -0.898. The summed E-state index contributed by atoms with van der Waals surface area (Å²) >= 11 is 0. The number of carbonyl (C=O) groups is 1. The van der Waals surface area contributed by atoms with Gasteiger partial charge in [0.15, 0.2) is 0 Å². The molecule has 1 atom stereocenters. The van der Waals surface area contributed by atoms with E-state index < -0.39 is 36.6 Å². The normalized spacial score (nSPS) is 14.1. The number of halogens is 6. The lowest BCUT2D eigenvalue weighted by atomic mass is 9.72. The molecule has 0 spiro atoms. The van der Waals surface area contributed by atoms with Gasteiger partial charge in [-0.1, -0.05) is 78.9 Å². The lowest BCUT2D eigenvalue weighted by Gasteiger charge is -2.37. The Balaban J connectivity index is 1.08. The number of ether oxygens (including phenoxy) is 1. The summed E-state index contributed by atoms with van der Waals surface area (Å²) in [6.07, 6.45) is -8.39. The minimum atomic E-state index is -4.82. The average Bonchev–Trinajstić information content (AvgIpc) is 3.66. The minimum Gasteiger partial charge on any atom is -0.406 e. The zero-order valence-electron chi connectivity index (χ0n) is 27.9. The predicted molar refractivity (Wildman–Crippen MR) is 188 cm³/mol. The van der Waals surface area contributed by atoms with E-state index in [1.807, 2.05) is 53.1 Å². The molecule has 0 saturated heterocycles. The Bertz CT molecular complexity index is 2220. The number of aryl methyl sites for hydroxylation is 1. The summed E-state index contributed by atoms with van der Waals surface area (Å²) in [7, 11) is 0. The number of amides is 1. The average molecular weight is 731 g/mol. The van der Waals surface area contributed by atoms with Crippen LogP contribution >= 0.6 is 0 Å². The lowest BCUT2D eigenvalue weighted by Crippen LogP contribution is -2.51. The number of imidazole rings is 1. The number of alkyl halides is 6. The molecule has 1 unspecified atom stereocenters. The van der Waals surface area contributed by atoms with Crippen LogP contribution in [0.5, 0.6) is 5.75 Å². The van der Waals surface area contributed by atoms with E-state index in [4.69, 9.17) is 0 Å². The first kappa shape index (κ1) is 35.7. The number of carbonyl (C=O) groups excluding carboxylic acids is 1. The summed E-state index contributed by atoms with van der Waals surface area (Å²) in [5, 5.41) is 16.7. The second-order valence-electron chi connectivity index (χ2n) is 12.8. The van der Waals surface area contributed by atoms with E-state index in [1.54, 1.807) is 48.8 Å². The first-order valence-corrected chi connectivity index (χ1v) is 16.7. The Kier molecular flexibility index (Phi) is 9.47. The molecule has 272 valence electrons. The minimum absolute atomic E-state index is 0.304. The highest BCUT2D eigenvalue weighted by Crippen LogP contribution is 2.52. The van der Waals surface area contributed by atoms with Gasteiger partial charge >= 0.3 is 12.5 Å². The molecule has 3 N–H and O–H groups in total. The van der Waals surface area contributed by atoms with Gasteiger partial charge < -0.3 is 19.7 Å². The number of rotatable bonds is 11. The predicted octanol–water partition coefficient (Wildman–Crippen LogP) is 9.07. The number of benzene rings is 5. The van der Waals surface area contributed by atoms with Crippen LogP contribution in [0.2, 0.25) is 0 Å². The van der Waals surface area contributed by atoms with Gasteiger partial charge in [0, 0.05) is 17.8 Å². The van der Waals surface area contributed by atoms with Crippen molar-refractivity contribution in [2.45, 2.75) is 43.6 Å². The molecule has 0 bridgehead atoms. The fourth-order valence-electron chi connectivity index (χ4n) is 7.26. The fourth-order valence-corrected chi connectivity index (χ4v) is 7.26. The van der Waals surface area contributed by atoms with E-state index >= 15 is 0 Å². The molecule has 0 radical (unpaired) electrons. The third-order valence-electron chi connectivity index (χ3n) is 9.49. The van der Waals surface area contributed by atoms with Crippen LogP contribution in [0, 0.1) is 0 Å². The van der Waals surface area contributed by atoms with Crippen LogP contribution in [0.4, 0.5) is 32.0 Å². The third-order valence-corrected chi connectivity index (χ3v) is 9.49. The number of anilines is 1. The summed E-state index contributed by atoms with van der Waals surface area (Å²) < 4.78 is 83.6. The van der Waals surface area contributed by atoms with Gasteiger partial charge in [-0.05, 0) is 82.6 Å². The van der Waals surface area contributed by atoms with Gasteiger partial charge in [0.25, 0.3) is 5.91 Å². The van der Waals surface area contributed by atoms with Gasteiger partial charge in [0.05, 0.1) is 29.3 Å². The largest absolute Gasteiger partial charge is 0.573 e. The van der Waals surface area contributed by atoms with Crippen molar-refractivity contribution >= 4 is 22.6 Å². The molecule has 5 aromatic carbocycles. The zero-order chi connectivity index (χ0) is 37.4. The van der Waals surface area contributed by atoms with Crippen molar-refractivity contribution in [1.29, 1.82) is 0 Å². The summed E-state index contributed by atoms with van der Waals surface area (Å²) in [6, 6.07) is 32.1. The van der Waals surface area contributed by atoms with Crippen LogP contribution in [0.1, 0.15) is 34.3 Å². The van der Waals surface area contributed by atoms with Crippen molar-refractivity contribution in [2.75, 3.05) is 11.9 Å². The van der Waals surface area contributed by atoms with Gasteiger partial charge in [0.1, 0.15) is 12.0 Å². The van der Waals surface area contributed by atoms with Gasteiger partial charge in [-0.2, -0.15) is 13.2 Å². The SMILES string of the molecule is O=C(Nc1ccc2c(c1)ncn2CCCC1(C(O)NCC(F)(F)F)c2ccccc2-c2ccccc21)c1ccccc1-c1ccc(OC(F)(F)F)cc1. The highest BCUT2D eigenvalue weighted by molar-refractivity contribution is 6.09. The molecule has 0 fully saturated rings. The smallest absolute Gasteiger partial charge is 0.406 e. The van der Waals surface area contributed by atoms with Crippen molar-refractivity contribution in [3.63, 3.8) is 0 Å². The quantitative estimate of drug-likeness (QED) is 0.0915. The van der Waals surface area contributed by atoms with Crippen LogP contribution in [0.3, 0.4) is 0 Å². The first-order chi connectivity index (χ1) is 25.3. The molecule has 1 amide bonds. The Morgan fingerprint density at radius 1 is 0.811 bits per heavy atom. The van der Waals surface area contributed by atoms with Gasteiger partial charge in [-0.3, -0.25) is 10.1 Å². The molecule has 1 aliphatic rings. The second-order valence-corrected chi connectivity index (χ2v) is 12.8. The van der Waals surface area contributed by atoms with Crippen molar-refractivity contribution in [3.05, 3.63) is 138 Å². The molecule has 1 aliphatic carbocycles. The maximum Gasteiger partial charge on any atom is 0.573 e. The number of aliphatic hydroxyl groups excluding tert-OH is 1. The molecule has 7 nitrogen and oxygen atoms in total. The molecule has 1 heterocycles. The Labute approximate surface area is 299 Å². The van der Waals surface area contributed by atoms with Gasteiger partial charge in [-0.15, -0.1) is 13.2 Å². The molecular formula is C40H32F6N4O3. The van der Waals surface area contributed by atoms with Crippen LogP contribution in [-0.2, 0) is 12.0 Å². The highest BCUT2D eigenvalue weighted by Gasteiger charge is 2.48. The molecule has 53 heavy (non-hydrogen) atoms. The molecule has 0 saturated carbocycles. The monoisotopic (exact) mass is 730 g/mol. The van der Waals surface area contributed by atoms with E-state index in [1.165, 1.54) is 24.3 Å². The number of aliphatic hydroxyl groups is 1. The Hall–Kier alpha value is -5.66. The fraction of sp³-hybridized carbons (Fsp3) is 0.200. The van der Waals surface area contributed by atoms with Gasteiger partial charge in [-0.25, -0.2) is 4.98 Å². The maximum atomic E-state index is 13.4. The van der Waals surface area contributed by atoms with Crippen LogP contribution in [-0.4, -0.2) is 45.9 Å². The van der Waals surface area contributed by atoms with Crippen molar-refractivity contribution in [3.8, 4) is 28.0 Å². The number of hydrogen-bond acceptors (Lipinski definition) is 5. The summed E-state index contributed by atoms with van der Waals surface area (Å²) in [4.78, 5) is 18.0. The van der Waals surface area contributed by atoms with Crippen molar-refractivity contribution < 1.29 is 41.0 Å². The van der Waals surface area contributed by atoms with E-state index in [0.717, 1.165) is 27.8 Å². The van der Waals surface area contributed by atoms with E-state index in [-0.39, 0.29) is 5.75 Å². The molecule has 0 aliphatic heterocycles. The molecule has 6 aromatic rings. The van der Waals surface area contributed by atoms with Crippen molar-refractivity contribution in [1.82, 2.24) is 14.9 Å². The van der Waals surface area contributed by atoms with E-state index in [9.17, 15) is 36.2 Å². The topological polar surface area (TPSA) is 88.4 Å². The van der Waals surface area contributed by atoms with Crippen molar-refractivity contribution in [2.24, 2.45) is 0 Å². The summed E-state index contributed by atoms with van der Waals surface area (Å²) in [5.41, 5.74) is 5.28. The molecule has 7 rings (SSSR count). The van der Waals surface area contributed by atoms with E-state index in [2.05, 4.69) is 20.4 Å². The molecular weight excluding hydrogens is 698 g/mol. The standard InChI is InChI=1S/C40H32F6N4O3/c41-39(42,43)23-47-37(52)38(32-12-5-3-9-29(32)30-10-4-6-13-33(30)38)20-7-21-50-24-48-34-22-26(16-19-35(34)50)49-36(51)31-11-2-1-8-28(31)25-14-17-27(18-15-25)53-40(44,45)46/h1-6,8-19,22,24,37,47,52H,7,20-21,23H2,(H,49,51). The van der Waals surface area contributed by atoms with Crippen LogP contribution in [0.15, 0.2) is 122 Å². The van der Waals surface area contributed by atoms with Gasteiger partial charge in [0.2, 0.25) is 0 Å². The number of fused-ring (bicyclic) bond motifs is 4. The Morgan fingerprint density at radius 3 is 2.08 bits per heavy atom. The molecule has 13 heteroatoms. The number of aromatic nitrogens is 2. The van der Waals surface area contributed by atoms with Crippen LogP contribution < -0.4 is 15.4 Å². The number of nitrogens with one attached hydrogen (secondary N) is 2. The van der Waals surface area contributed by atoms with E-state index in [0.29, 0.717) is 47.3 Å². The third kappa shape index (κ3) is 7.35. The highest BCUT2D eigenvalue weighted by atomic mass is 19.4. The zero-order valence-corrected chi connectivity index (χ0v) is 27.9. The first-order valence-electron chi connectivity index (χ1n) is 16.7. The second kappa shape index (κ2) is 14.1.